The first kappa shape index (κ1) is 16.3. The van der Waals surface area contributed by atoms with Gasteiger partial charge in [0.05, 0.1) is 22.7 Å². The highest BCUT2D eigenvalue weighted by molar-refractivity contribution is 7.46. The highest BCUT2D eigenvalue weighted by Gasteiger charge is 2.15. The van der Waals surface area contributed by atoms with Crippen molar-refractivity contribution in [3.05, 3.63) is 41.0 Å². The molecule has 0 bridgehead atoms. The Hall–Kier alpha value is -1.08. The van der Waals surface area contributed by atoms with Crippen LogP contribution in [0.15, 0.2) is 29.8 Å². The molecule has 0 aliphatic heterocycles. The van der Waals surface area contributed by atoms with Crippen LogP contribution in [0.3, 0.4) is 0 Å². The van der Waals surface area contributed by atoms with Crippen LogP contribution in [0.2, 0.25) is 0 Å². The largest absolute Gasteiger partial charge is 0.469 e. The first-order valence-corrected chi connectivity index (χ1v) is 8.74. The van der Waals surface area contributed by atoms with E-state index in [1.54, 1.807) is 11.3 Å². The molecule has 1 heterocycles. The monoisotopic (exact) mass is 328 g/mol. The van der Waals surface area contributed by atoms with Crippen LogP contribution in [-0.4, -0.2) is 21.4 Å². The Balaban J connectivity index is 1.99. The summed E-state index contributed by atoms with van der Waals surface area (Å²) in [4.78, 5) is 22.6. The van der Waals surface area contributed by atoms with Gasteiger partial charge in [-0.15, -0.1) is 11.3 Å². The van der Waals surface area contributed by atoms with Crippen LogP contribution in [0.4, 0.5) is 0 Å². The second-order valence-electron chi connectivity index (χ2n) is 4.61. The summed E-state index contributed by atoms with van der Waals surface area (Å²) < 4.78 is 15.0. The standard InChI is InChI=1S/C13H17N2O4PS/c1-9-13(21-8-15-9)11-4-2-10(3-5-11)12(14)6-7-19-20(16,17)18/h2-5,8,12H,6-7,14H2,1H3,(H2,16,17,18)/t12-/m0/s1. The van der Waals surface area contributed by atoms with Gasteiger partial charge in [0.2, 0.25) is 0 Å². The number of phosphoric acid groups is 1. The van der Waals surface area contributed by atoms with E-state index in [1.165, 1.54) is 0 Å². The van der Waals surface area contributed by atoms with Crippen LogP contribution in [-0.2, 0) is 9.09 Å². The van der Waals surface area contributed by atoms with Crippen molar-refractivity contribution in [1.82, 2.24) is 4.98 Å². The zero-order valence-electron chi connectivity index (χ0n) is 11.5. The van der Waals surface area contributed by atoms with Crippen LogP contribution in [0.1, 0.15) is 23.7 Å². The highest BCUT2D eigenvalue weighted by Crippen LogP contribution is 2.36. The number of thiazole rings is 1. The number of nitrogens with two attached hydrogens (primary N) is 1. The molecule has 1 aromatic heterocycles. The van der Waals surface area contributed by atoms with Gasteiger partial charge in [-0.05, 0) is 24.5 Å². The van der Waals surface area contributed by atoms with Gasteiger partial charge < -0.3 is 15.5 Å². The van der Waals surface area contributed by atoms with Crippen LogP contribution in [0, 0.1) is 6.92 Å². The van der Waals surface area contributed by atoms with Gasteiger partial charge in [0.1, 0.15) is 0 Å². The minimum atomic E-state index is -4.42. The normalized spacial score (nSPS) is 13.3. The quantitative estimate of drug-likeness (QED) is 0.704. The number of benzene rings is 1. The van der Waals surface area contributed by atoms with Crippen molar-refractivity contribution in [2.24, 2.45) is 5.73 Å². The maximum atomic E-state index is 10.6. The number of hydrogen-bond donors (Lipinski definition) is 3. The topological polar surface area (TPSA) is 106 Å². The summed E-state index contributed by atoms with van der Waals surface area (Å²) in [5.41, 5.74) is 10.8. The summed E-state index contributed by atoms with van der Waals surface area (Å²) >= 11 is 1.58. The van der Waals surface area contributed by atoms with E-state index in [-0.39, 0.29) is 12.6 Å². The molecule has 2 rings (SSSR count). The number of rotatable bonds is 6. The molecule has 2 aromatic rings. The summed E-state index contributed by atoms with van der Waals surface area (Å²) in [7, 11) is -4.42. The van der Waals surface area contributed by atoms with Crippen LogP contribution in [0.25, 0.3) is 10.4 Å². The molecule has 0 aliphatic rings. The highest BCUT2D eigenvalue weighted by atomic mass is 32.1. The lowest BCUT2D eigenvalue weighted by molar-refractivity contribution is 0.191. The maximum absolute atomic E-state index is 10.6. The SMILES string of the molecule is Cc1ncsc1-c1ccc([C@@H](N)CCOP(=O)(O)O)cc1. The minimum Gasteiger partial charge on any atom is -0.324 e. The zero-order chi connectivity index (χ0) is 15.5. The average molecular weight is 328 g/mol. The fourth-order valence-electron chi connectivity index (χ4n) is 1.93. The molecular formula is C13H17N2O4PS. The van der Waals surface area contributed by atoms with Crippen molar-refractivity contribution in [1.29, 1.82) is 0 Å². The number of phosphoric ester groups is 1. The molecule has 6 nitrogen and oxygen atoms in total. The summed E-state index contributed by atoms with van der Waals surface area (Å²) in [6.45, 7) is 1.88. The second kappa shape index (κ2) is 6.79. The fraction of sp³-hybridized carbons (Fsp3) is 0.308. The Bertz CT molecular complexity index is 638. The van der Waals surface area contributed by atoms with E-state index in [2.05, 4.69) is 9.51 Å². The van der Waals surface area contributed by atoms with Crippen molar-refractivity contribution < 1.29 is 18.9 Å². The van der Waals surface area contributed by atoms with Crippen molar-refractivity contribution in [3.8, 4) is 10.4 Å². The van der Waals surface area contributed by atoms with Gasteiger partial charge in [-0.2, -0.15) is 0 Å². The molecule has 0 aliphatic carbocycles. The van der Waals surface area contributed by atoms with Gasteiger partial charge in [-0.25, -0.2) is 9.55 Å². The third kappa shape index (κ3) is 4.71. The molecule has 0 spiro atoms. The van der Waals surface area contributed by atoms with E-state index < -0.39 is 7.82 Å². The van der Waals surface area contributed by atoms with Crippen LogP contribution in [0.5, 0.6) is 0 Å². The molecule has 8 heteroatoms. The molecule has 21 heavy (non-hydrogen) atoms. The summed E-state index contributed by atoms with van der Waals surface area (Å²) in [5.74, 6) is 0. The Kier molecular flexibility index (Phi) is 5.27. The van der Waals surface area contributed by atoms with Crippen molar-refractivity contribution in [2.75, 3.05) is 6.61 Å². The summed E-state index contributed by atoms with van der Waals surface area (Å²) in [5, 5.41) is 0. The molecule has 0 radical (unpaired) electrons. The zero-order valence-corrected chi connectivity index (χ0v) is 13.2. The van der Waals surface area contributed by atoms with Gasteiger partial charge in [0.15, 0.2) is 0 Å². The number of hydrogen-bond acceptors (Lipinski definition) is 5. The third-order valence-corrected chi connectivity index (χ3v) is 4.53. The molecule has 0 saturated heterocycles. The lowest BCUT2D eigenvalue weighted by Crippen LogP contribution is -2.12. The Morgan fingerprint density at radius 1 is 1.38 bits per heavy atom. The van der Waals surface area contributed by atoms with E-state index in [0.717, 1.165) is 21.7 Å². The molecule has 0 fully saturated rings. The van der Waals surface area contributed by atoms with E-state index >= 15 is 0 Å². The fourth-order valence-corrected chi connectivity index (χ4v) is 3.08. The van der Waals surface area contributed by atoms with Gasteiger partial charge in [0.25, 0.3) is 0 Å². The maximum Gasteiger partial charge on any atom is 0.469 e. The van der Waals surface area contributed by atoms with Gasteiger partial charge in [-0.1, -0.05) is 24.3 Å². The third-order valence-electron chi connectivity index (χ3n) is 3.03. The Labute approximate surface area is 126 Å². The van der Waals surface area contributed by atoms with Crippen LogP contribution < -0.4 is 5.73 Å². The predicted octanol–water partition coefficient (Wildman–Crippen LogP) is 2.62. The molecule has 1 aromatic carbocycles. The second-order valence-corrected chi connectivity index (χ2v) is 6.70. The average Bonchev–Trinajstić information content (AvgIpc) is 2.83. The molecular weight excluding hydrogens is 311 g/mol. The molecule has 0 unspecified atom stereocenters. The van der Waals surface area contributed by atoms with E-state index in [9.17, 15) is 4.57 Å². The number of aryl methyl sites for hydroxylation is 1. The van der Waals surface area contributed by atoms with Crippen molar-refractivity contribution >= 4 is 19.2 Å². The van der Waals surface area contributed by atoms with Crippen LogP contribution >= 0.6 is 19.2 Å². The first-order valence-electron chi connectivity index (χ1n) is 6.33. The molecule has 4 N–H and O–H groups in total. The van der Waals surface area contributed by atoms with E-state index in [1.807, 2.05) is 36.7 Å². The summed E-state index contributed by atoms with van der Waals surface area (Å²) in [6, 6.07) is 7.44. The molecule has 114 valence electrons. The smallest absolute Gasteiger partial charge is 0.324 e. The summed E-state index contributed by atoms with van der Waals surface area (Å²) in [6.07, 6.45) is 0.337. The Morgan fingerprint density at radius 3 is 2.57 bits per heavy atom. The van der Waals surface area contributed by atoms with Crippen molar-refractivity contribution in [2.45, 2.75) is 19.4 Å². The molecule has 0 amide bonds. The van der Waals surface area contributed by atoms with Gasteiger partial charge in [0, 0.05) is 6.04 Å². The number of nitrogens with zero attached hydrogens (tertiary/aromatic N) is 1. The molecule has 1 atom stereocenters. The lowest BCUT2D eigenvalue weighted by atomic mass is 10.0. The number of aromatic nitrogens is 1. The minimum absolute atomic E-state index is 0.0822. The lowest BCUT2D eigenvalue weighted by Gasteiger charge is -2.13. The predicted molar refractivity (Wildman–Crippen MR) is 81.8 cm³/mol. The van der Waals surface area contributed by atoms with Crippen molar-refractivity contribution in [3.63, 3.8) is 0 Å². The van der Waals surface area contributed by atoms with E-state index in [4.69, 9.17) is 15.5 Å². The van der Waals surface area contributed by atoms with E-state index in [0.29, 0.717) is 6.42 Å². The van der Waals surface area contributed by atoms with Gasteiger partial charge >= 0.3 is 7.82 Å². The Morgan fingerprint density at radius 2 is 2.05 bits per heavy atom. The van der Waals surface area contributed by atoms with Gasteiger partial charge in [-0.3, -0.25) is 4.52 Å². The molecule has 0 saturated carbocycles. The first-order chi connectivity index (χ1) is 9.87.